The Balaban J connectivity index is 2.78. The molecular formula is C15H23FN2O2. The fraction of sp³-hybridized carbons (Fsp3) is 0.533. The molecule has 1 amide bonds. The number of carbonyl (C=O) groups is 1. The van der Waals surface area contributed by atoms with Crippen molar-refractivity contribution in [2.24, 2.45) is 17.6 Å². The molecule has 0 aromatic heterocycles. The van der Waals surface area contributed by atoms with Crippen LogP contribution in [0.4, 0.5) is 4.39 Å². The highest BCUT2D eigenvalue weighted by molar-refractivity contribution is 5.79. The Kier molecular flexibility index (Phi) is 5.95. The molecule has 0 heterocycles. The smallest absolute Gasteiger partial charge is 0.225 e. The van der Waals surface area contributed by atoms with Crippen LogP contribution in [0.2, 0.25) is 0 Å². The molecular weight excluding hydrogens is 259 g/mol. The molecule has 2 atom stereocenters. The molecule has 0 saturated heterocycles. The van der Waals surface area contributed by atoms with Crippen molar-refractivity contribution in [3.05, 3.63) is 29.6 Å². The predicted molar refractivity (Wildman–Crippen MR) is 76.9 cm³/mol. The van der Waals surface area contributed by atoms with Gasteiger partial charge in [0.2, 0.25) is 5.91 Å². The van der Waals surface area contributed by atoms with E-state index in [1.54, 1.807) is 12.1 Å². The molecule has 0 aliphatic rings. The molecule has 0 bridgehead atoms. The molecule has 1 rings (SSSR count). The molecule has 5 heteroatoms. The van der Waals surface area contributed by atoms with Crippen LogP contribution >= 0.6 is 0 Å². The maximum atomic E-state index is 13.6. The standard InChI is InChI=1S/C15H23FN2O2/c1-9(2)12(8-17)15(19)18-10(3)11-5-6-14(20-4)13(16)7-11/h5-7,9-10,12H,8,17H2,1-4H3,(H,18,19). The van der Waals surface area contributed by atoms with Crippen LogP contribution in [0.15, 0.2) is 18.2 Å². The van der Waals surface area contributed by atoms with Gasteiger partial charge in [0, 0.05) is 6.54 Å². The second-order valence-electron chi connectivity index (χ2n) is 5.21. The molecule has 0 aliphatic heterocycles. The van der Waals surface area contributed by atoms with E-state index < -0.39 is 5.82 Å². The summed E-state index contributed by atoms with van der Waals surface area (Å²) < 4.78 is 18.5. The van der Waals surface area contributed by atoms with E-state index in [0.717, 1.165) is 0 Å². The first-order valence-corrected chi connectivity index (χ1v) is 6.74. The van der Waals surface area contributed by atoms with Crippen molar-refractivity contribution in [1.82, 2.24) is 5.32 Å². The molecule has 0 aliphatic carbocycles. The Morgan fingerprint density at radius 1 is 1.40 bits per heavy atom. The number of carbonyl (C=O) groups excluding carboxylic acids is 1. The number of nitrogens with one attached hydrogen (secondary N) is 1. The van der Waals surface area contributed by atoms with Gasteiger partial charge in [-0.05, 0) is 30.5 Å². The van der Waals surface area contributed by atoms with Crippen molar-refractivity contribution in [2.45, 2.75) is 26.8 Å². The van der Waals surface area contributed by atoms with E-state index in [9.17, 15) is 9.18 Å². The van der Waals surface area contributed by atoms with Crippen molar-refractivity contribution in [1.29, 1.82) is 0 Å². The lowest BCUT2D eigenvalue weighted by atomic mass is 9.94. The minimum absolute atomic E-state index is 0.105. The number of ether oxygens (including phenoxy) is 1. The summed E-state index contributed by atoms with van der Waals surface area (Å²) in [5.41, 5.74) is 6.30. The maximum Gasteiger partial charge on any atom is 0.225 e. The number of halogens is 1. The fourth-order valence-electron chi connectivity index (χ4n) is 2.04. The fourth-order valence-corrected chi connectivity index (χ4v) is 2.04. The molecule has 20 heavy (non-hydrogen) atoms. The predicted octanol–water partition coefficient (Wildman–Crippen LogP) is 2.24. The summed E-state index contributed by atoms with van der Waals surface area (Å²) >= 11 is 0. The summed E-state index contributed by atoms with van der Waals surface area (Å²) in [5, 5.41) is 2.87. The molecule has 0 radical (unpaired) electrons. The number of nitrogens with two attached hydrogens (primary N) is 1. The van der Waals surface area contributed by atoms with Crippen molar-refractivity contribution in [3.63, 3.8) is 0 Å². The third-order valence-corrected chi connectivity index (χ3v) is 3.43. The second-order valence-corrected chi connectivity index (χ2v) is 5.21. The minimum Gasteiger partial charge on any atom is -0.494 e. The number of amides is 1. The highest BCUT2D eigenvalue weighted by Crippen LogP contribution is 2.22. The molecule has 3 N–H and O–H groups in total. The molecule has 0 spiro atoms. The van der Waals surface area contributed by atoms with Crippen molar-refractivity contribution in [2.75, 3.05) is 13.7 Å². The van der Waals surface area contributed by atoms with Gasteiger partial charge in [-0.2, -0.15) is 0 Å². The lowest BCUT2D eigenvalue weighted by Crippen LogP contribution is -2.39. The zero-order valence-corrected chi connectivity index (χ0v) is 12.4. The Morgan fingerprint density at radius 3 is 2.50 bits per heavy atom. The zero-order valence-electron chi connectivity index (χ0n) is 12.4. The van der Waals surface area contributed by atoms with Crippen LogP contribution in [-0.2, 0) is 4.79 Å². The molecule has 112 valence electrons. The first-order chi connectivity index (χ1) is 9.40. The average Bonchev–Trinajstić information content (AvgIpc) is 2.38. The van der Waals surface area contributed by atoms with Crippen molar-refractivity contribution >= 4 is 5.91 Å². The summed E-state index contributed by atoms with van der Waals surface area (Å²) in [6, 6.07) is 4.38. The lowest BCUT2D eigenvalue weighted by Gasteiger charge is -2.22. The second kappa shape index (κ2) is 7.24. The van der Waals surface area contributed by atoms with Crippen LogP contribution in [0, 0.1) is 17.7 Å². The number of hydrogen-bond acceptors (Lipinski definition) is 3. The van der Waals surface area contributed by atoms with Gasteiger partial charge in [-0.1, -0.05) is 19.9 Å². The number of rotatable bonds is 6. The number of hydrogen-bond donors (Lipinski definition) is 2. The van der Waals surface area contributed by atoms with Crippen molar-refractivity contribution < 1.29 is 13.9 Å². The number of benzene rings is 1. The van der Waals surface area contributed by atoms with Gasteiger partial charge in [-0.25, -0.2) is 4.39 Å². The van der Waals surface area contributed by atoms with E-state index >= 15 is 0 Å². The molecule has 0 saturated carbocycles. The molecule has 1 aromatic carbocycles. The molecule has 0 fully saturated rings. The van der Waals surface area contributed by atoms with Crippen LogP contribution in [-0.4, -0.2) is 19.6 Å². The topological polar surface area (TPSA) is 64.3 Å². The van der Waals surface area contributed by atoms with Crippen molar-refractivity contribution in [3.8, 4) is 5.75 Å². The van der Waals surface area contributed by atoms with Gasteiger partial charge in [0.1, 0.15) is 0 Å². The van der Waals surface area contributed by atoms with Gasteiger partial charge < -0.3 is 15.8 Å². The van der Waals surface area contributed by atoms with Crippen LogP contribution in [0.5, 0.6) is 5.75 Å². The van der Waals surface area contributed by atoms with Gasteiger partial charge in [0.15, 0.2) is 11.6 Å². The summed E-state index contributed by atoms with van der Waals surface area (Å²) in [4.78, 5) is 12.1. The van der Waals surface area contributed by atoms with Gasteiger partial charge in [-0.3, -0.25) is 4.79 Å². The van der Waals surface area contributed by atoms with Crippen LogP contribution in [0.1, 0.15) is 32.4 Å². The summed E-state index contributed by atoms with van der Waals surface area (Å²) in [5.74, 6) is -0.425. The van der Waals surface area contributed by atoms with Crippen LogP contribution in [0.25, 0.3) is 0 Å². The number of methoxy groups -OCH3 is 1. The van der Waals surface area contributed by atoms with Gasteiger partial charge >= 0.3 is 0 Å². The minimum atomic E-state index is -0.440. The van der Waals surface area contributed by atoms with E-state index in [0.29, 0.717) is 12.1 Å². The Labute approximate surface area is 119 Å². The first kappa shape index (κ1) is 16.4. The van der Waals surface area contributed by atoms with E-state index in [2.05, 4.69) is 5.32 Å². The molecule has 2 unspecified atom stereocenters. The highest BCUT2D eigenvalue weighted by Gasteiger charge is 2.22. The largest absolute Gasteiger partial charge is 0.494 e. The zero-order chi connectivity index (χ0) is 15.3. The molecule has 4 nitrogen and oxygen atoms in total. The normalized spacial score (nSPS) is 13.9. The SMILES string of the molecule is COc1ccc(C(C)NC(=O)C(CN)C(C)C)cc1F. The summed E-state index contributed by atoms with van der Waals surface area (Å²) in [7, 11) is 1.41. The highest BCUT2D eigenvalue weighted by atomic mass is 19.1. The van der Waals surface area contributed by atoms with E-state index in [-0.39, 0.29) is 29.5 Å². The lowest BCUT2D eigenvalue weighted by molar-refractivity contribution is -0.126. The van der Waals surface area contributed by atoms with Crippen LogP contribution in [0.3, 0.4) is 0 Å². The van der Waals surface area contributed by atoms with Gasteiger partial charge in [0.05, 0.1) is 19.1 Å². The van der Waals surface area contributed by atoms with E-state index in [4.69, 9.17) is 10.5 Å². The Morgan fingerprint density at radius 2 is 2.05 bits per heavy atom. The Bertz CT molecular complexity index is 463. The third kappa shape index (κ3) is 3.93. The summed E-state index contributed by atoms with van der Waals surface area (Å²) in [6.45, 7) is 6.02. The third-order valence-electron chi connectivity index (χ3n) is 3.43. The first-order valence-electron chi connectivity index (χ1n) is 6.74. The van der Waals surface area contributed by atoms with Gasteiger partial charge in [0.25, 0.3) is 0 Å². The maximum absolute atomic E-state index is 13.6. The van der Waals surface area contributed by atoms with Crippen LogP contribution < -0.4 is 15.8 Å². The van der Waals surface area contributed by atoms with Gasteiger partial charge in [-0.15, -0.1) is 0 Å². The van der Waals surface area contributed by atoms with E-state index in [1.165, 1.54) is 13.2 Å². The summed E-state index contributed by atoms with van der Waals surface area (Å²) in [6.07, 6.45) is 0. The Hall–Kier alpha value is -1.62. The molecule has 1 aromatic rings. The monoisotopic (exact) mass is 282 g/mol. The average molecular weight is 282 g/mol. The quantitative estimate of drug-likeness (QED) is 0.841. The van der Waals surface area contributed by atoms with E-state index in [1.807, 2.05) is 20.8 Å².